The molecule has 12 heteroatoms. The van der Waals surface area contributed by atoms with Crippen LogP contribution in [0.25, 0.3) is 10.8 Å². The molecule has 4 amide bonds. The molecule has 1 aliphatic rings. The average molecular weight is 627 g/mol. The van der Waals surface area contributed by atoms with E-state index in [9.17, 15) is 19.5 Å². The average Bonchev–Trinajstić information content (AvgIpc) is 3.01. The molecule has 0 saturated carbocycles. The number of carboxylic acid groups (broad SMARTS) is 1. The fourth-order valence-corrected chi connectivity index (χ4v) is 5.22. The molecule has 1 aromatic heterocycles. The molecule has 46 heavy (non-hydrogen) atoms. The summed E-state index contributed by atoms with van der Waals surface area (Å²) in [4.78, 5) is 46.1. The van der Waals surface area contributed by atoms with Gasteiger partial charge in [-0.2, -0.15) is 0 Å². The van der Waals surface area contributed by atoms with Gasteiger partial charge in [-0.05, 0) is 48.4 Å². The molecular weight excluding hydrogens is 588 g/mol. The number of ether oxygens (including phenoxy) is 2. The number of anilines is 3. The van der Waals surface area contributed by atoms with Crippen LogP contribution in [0.1, 0.15) is 36.8 Å². The second-order valence-electron chi connectivity index (χ2n) is 12.1. The van der Waals surface area contributed by atoms with Gasteiger partial charge < -0.3 is 35.0 Å². The Labute approximate surface area is 267 Å². The number of urea groups is 1. The molecule has 2 heterocycles. The Kier molecular flexibility index (Phi) is 9.28. The molecule has 1 saturated heterocycles. The van der Waals surface area contributed by atoms with Gasteiger partial charge in [0.15, 0.2) is 5.75 Å². The summed E-state index contributed by atoms with van der Waals surface area (Å²) in [6, 6.07) is 17.2. The number of piperazine rings is 1. The molecule has 0 radical (unpaired) electrons. The summed E-state index contributed by atoms with van der Waals surface area (Å²) in [5.41, 5.74) is 1.82. The second-order valence-corrected chi connectivity index (χ2v) is 12.1. The fourth-order valence-electron chi connectivity index (χ4n) is 5.22. The van der Waals surface area contributed by atoms with Crippen LogP contribution < -0.4 is 25.4 Å². The molecule has 4 aromatic rings. The number of methoxy groups -OCH3 is 1. The van der Waals surface area contributed by atoms with Crippen molar-refractivity contribution in [2.24, 2.45) is 0 Å². The summed E-state index contributed by atoms with van der Waals surface area (Å²) >= 11 is 0. The molecular formula is C34H38N6O6. The van der Waals surface area contributed by atoms with E-state index in [2.05, 4.69) is 25.8 Å². The highest BCUT2D eigenvalue weighted by molar-refractivity contribution is 6.08. The number of benzene rings is 3. The van der Waals surface area contributed by atoms with Crippen molar-refractivity contribution in [1.29, 1.82) is 0 Å². The number of hydrogen-bond acceptors (Lipinski definition) is 7. The van der Waals surface area contributed by atoms with Gasteiger partial charge >= 0.3 is 12.1 Å². The standard InChI is InChI=1S/C34H38N6O6/c1-34(2,3)21-18-26(30(45-5)27(19-21)38-33(43)44)37-32(42)36-25-10-11-29(24-9-7-6-8-23(24)25)46-22-12-13-35-28(20-22)31(41)40-16-14-39(4)15-17-40/h6-13,18-20,38H,14-17H2,1-5H3,(H,43,44)(H2,36,37,42). The first-order chi connectivity index (χ1) is 21.9. The lowest BCUT2D eigenvalue weighted by molar-refractivity contribution is 0.0658. The van der Waals surface area contributed by atoms with E-state index in [0.717, 1.165) is 29.4 Å². The first-order valence-corrected chi connectivity index (χ1v) is 14.9. The van der Waals surface area contributed by atoms with Crippen LogP contribution >= 0.6 is 0 Å². The predicted octanol–water partition coefficient (Wildman–Crippen LogP) is 6.45. The first-order valence-electron chi connectivity index (χ1n) is 14.9. The molecule has 0 atom stereocenters. The minimum atomic E-state index is -1.25. The second kappa shape index (κ2) is 13.3. The van der Waals surface area contributed by atoms with Gasteiger partial charge in [0.2, 0.25) is 0 Å². The van der Waals surface area contributed by atoms with E-state index in [0.29, 0.717) is 41.7 Å². The number of rotatable bonds is 7. The molecule has 12 nitrogen and oxygen atoms in total. The van der Waals surface area contributed by atoms with Gasteiger partial charge in [-0.1, -0.05) is 45.0 Å². The van der Waals surface area contributed by atoms with Crippen molar-refractivity contribution >= 4 is 45.9 Å². The fraction of sp³-hybridized carbons (Fsp3) is 0.294. The van der Waals surface area contributed by atoms with Crippen LogP contribution in [0.3, 0.4) is 0 Å². The summed E-state index contributed by atoms with van der Waals surface area (Å²) in [5.74, 6) is 1.05. The lowest BCUT2D eigenvalue weighted by atomic mass is 9.86. The minimum absolute atomic E-state index is 0.135. The van der Waals surface area contributed by atoms with Crippen molar-refractivity contribution < 1.29 is 29.0 Å². The zero-order chi connectivity index (χ0) is 33.0. The third-order valence-corrected chi connectivity index (χ3v) is 7.75. The molecule has 0 spiro atoms. The van der Waals surface area contributed by atoms with E-state index in [4.69, 9.17) is 9.47 Å². The highest BCUT2D eigenvalue weighted by atomic mass is 16.5. The van der Waals surface area contributed by atoms with Gasteiger partial charge in [-0.25, -0.2) is 9.59 Å². The number of pyridine rings is 1. The third kappa shape index (κ3) is 7.29. The lowest BCUT2D eigenvalue weighted by Gasteiger charge is -2.32. The largest absolute Gasteiger partial charge is 0.492 e. The third-order valence-electron chi connectivity index (χ3n) is 7.75. The van der Waals surface area contributed by atoms with Gasteiger partial charge in [0.1, 0.15) is 17.2 Å². The van der Waals surface area contributed by atoms with Crippen molar-refractivity contribution in [2.45, 2.75) is 26.2 Å². The Bertz CT molecular complexity index is 1780. The molecule has 0 aliphatic carbocycles. The van der Waals surface area contributed by atoms with Gasteiger partial charge in [0, 0.05) is 49.2 Å². The number of fused-ring (bicyclic) bond motifs is 1. The van der Waals surface area contributed by atoms with Crippen molar-refractivity contribution in [3.63, 3.8) is 0 Å². The first kappa shape index (κ1) is 32.0. The van der Waals surface area contributed by atoms with Gasteiger partial charge in [0.25, 0.3) is 5.91 Å². The van der Waals surface area contributed by atoms with Crippen LogP contribution in [-0.4, -0.2) is 78.3 Å². The number of nitrogens with zero attached hydrogens (tertiary/aromatic N) is 3. The summed E-state index contributed by atoms with van der Waals surface area (Å²) in [5, 5.41) is 18.9. The Balaban J connectivity index is 1.38. The molecule has 1 fully saturated rings. The van der Waals surface area contributed by atoms with E-state index in [-0.39, 0.29) is 22.8 Å². The zero-order valence-corrected chi connectivity index (χ0v) is 26.5. The number of hydrogen-bond donors (Lipinski definition) is 4. The summed E-state index contributed by atoms with van der Waals surface area (Å²) in [6.07, 6.45) is 0.305. The minimum Gasteiger partial charge on any atom is -0.492 e. The van der Waals surface area contributed by atoms with Crippen molar-refractivity contribution in [3.8, 4) is 17.2 Å². The number of amides is 4. The highest BCUT2D eigenvalue weighted by Gasteiger charge is 2.23. The number of likely N-dealkylation sites (N-methyl/N-ethyl adjacent to an activating group) is 1. The van der Waals surface area contributed by atoms with Gasteiger partial charge in [-0.15, -0.1) is 0 Å². The smallest absolute Gasteiger partial charge is 0.409 e. The van der Waals surface area contributed by atoms with Gasteiger partial charge in [0.05, 0.1) is 24.2 Å². The van der Waals surface area contributed by atoms with E-state index in [1.807, 2.05) is 52.1 Å². The summed E-state index contributed by atoms with van der Waals surface area (Å²) < 4.78 is 11.7. The SMILES string of the molecule is COc1c(NC(=O)O)cc(C(C)(C)C)cc1NC(=O)Nc1ccc(Oc2ccnc(C(=O)N3CCN(C)CC3)c2)c2ccccc12. The van der Waals surface area contributed by atoms with E-state index < -0.39 is 12.1 Å². The Morgan fingerprint density at radius 1 is 0.848 bits per heavy atom. The molecule has 1 aliphatic heterocycles. The zero-order valence-electron chi connectivity index (χ0n) is 26.5. The molecule has 5 rings (SSSR count). The maximum Gasteiger partial charge on any atom is 0.409 e. The molecule has 0 unspecified atom stereocenters. The molecule has 0 bridgehead atoms. The highest BCUT2D eigenvalue weighted by Crippen LogP contribution is 2.39. The Morgan fingerprint density at radius 2 is 1.50 bits per heavy atom. The van der Waals surface area contributed by atoms with E-state index in [1.165, 1.54) is 7.11 Å². The monoisotopic (exact) mass is 626 g/mol. The number of aromatic nitrogens is 1. The number of nitrogens with one attached hydrogen (secondary N) is 3. The maximum atomic E-state index is 13.3. The predicted molar refractivity (Wildman–Crippen MR) is 178 cm³/mol. The van der Waals surface area contributed by atoms with Crippen LogP contribution in [-0.2, 0) is 5.41 Å². The Morgan fingerprint density at radius 3 is 2.15 bits per heavy atom. The van der Waals surface area contributed by atoms with Crippen molar-refractivity contribution in [3.05, 3.63) is 78.1 Å². The molecule has 4 N–H and O–H groups in total. The Hall–Kier alpha value is -5.36. The molecule has 3 aromatic carbocycles. The number of carbonyl (C=O) groups is 3. The maximum absolute atomic E-state index is 13.3. The summed E-state index contributed by atoms with van der Waals surface area (Å²) in [6.45, 7) is 8.86. The van der Waals surface area contributed by atoms with E-state index in [1.54, 1.807) is 47.5 Å². The van der Waals surface area contributed by atoms with Gasteiger partial charge in [-0.3, -0.25) is 15.1 Å². The normalized spacial score (nSPS) is 13.6. The topological polar surface area (TPSA) is 145 Å². The quantitative estimate of drug-likeness (QED) is 0.183. The van der Waals surface area contributed by atoms with Crippen LogP contribution in [0.5, 0.6) is 17.2 Å². The number of carbonyl (C=O) groups excluding carboxylic acids is 2. The van der Waals surface area contributed by atoms with Crippen LogP contribution in [0.15, 0.2) is 66.9 Å². The summed E-state index contributed by atoms with van der Waals surface area (Å²) in [7, 11) is 3.44. The van der Waals surface area contributed by atoms with Crippen molar-refractivity contribution in [1.82, 2.24) is 14.8 Å². The van der Waals surface area contributed by atoms with Crippen LogP contribution in [0.2, 0.25) is 0 Å². The van der Waals surface area contributed by atoms with Crippen molar-refractivity contribution in [2.75, 3.05) is 56.3 Å². The van der Waals surface area contributed by atoms with Crippen LogP contribution in [0, 0.1) is 0 Å². The van der Waals surface area contributed by atoms with E-state index >= 15 is 0 Å². The molecule has 240 valence electrons. The lowest BCUT2D eigenvalue weighted by Crippen LogP contribution is -2.47. The van der Waals surface area contributed by atoms with Crippen LogP contribution in [0.4, 0.5) is 26.7 Å².